The molecular weight excluding hydrogens is 445 g/mol. The Morgan fingerprint density at radius 3 is 2.24 bits per heavy atom. The van der Waals surface area contributed by atoms with Crippen molar-refractivity contribution in [3.63, 3.8) is 0 Å². The lowest BCUT2D eigenvalue weighted by molar-refractivity contribution is -0.143. The van der Waals surface area contributed by atoms with Crippen LogP contribution >= 0.6 is 0 Å². The smallest absolute Gasteiger partial charge is 0.368 e. The maximum absolute atomic E-state index is 13.7. The number of benzene rings is 1. The highest BCUT2D eigenvalue weighted by Crippen LogP contribution is 2.30. The van der Waals surface area contributed by atoms with Crippen molar-refractivity contribution in [2.24, 2.45) is 0 Å². The van der Waals surface area contributed by atoms with Gasteiger partial charge in [0.25, 0.3) is 0 Å². The van der Waals surface area contributed by atoms with Crippen LogP contribution < -0.4 is 16.1 Å². The summed E-state index contributed by atoms with van der Waals surface area (Å²) in [7, 11) is 1.42. The number of anilines is 1. The van der Waals surface area contributed by atoms with Crippen LogP contribution in [-0.2, 0) is 4.79 Å². The average Bonchev–Trinajstić information content (AvgIpc) is 3.19. The van der Waals surface area contributed by atoms with Crippen LogP contribution in [0.25, 0.3) is 0 Å². The number of likely N-dealkylation sites (N-methyl/N-ethyl adjacent to an activating group) is 1. The quantitative estimate of drug-likeness (QED) is 0.565. The second kappa shape index (κ2) is 12.0. The van der Waals surface area contributed by atoms with E-state index in [4.69, 9.17) is 0 Å². The van der Waals surface area contributed by atoms with Crippen molar-refractivity contribution in [2.45, 2.75) is 46.0 Å². The monoisotopic (exact) mass is 471 g/mol. The molecule has 2 aliphatic heterocycles. The van der Waals surface area contributed by atoms with Crippen LogP contribution in [0.4, 0.5) is 27.6 Å². The minimum Gasteiger partial charge on any atom is -0.368 e. The van der Waals surface area contributed by atoms with Crippen molar-refractivity contribution < 1.29 is 26.7 Å². The molecule has 11 heteroatoms. The lowest BCUT2D eigenvalue weighted by atomic mass is 10.0. The molecule has 0 aliphatic carbocycles. The van der Waals surface area contributed by atoms with Crippen LogP contribution in [-0.4, -0.2) is 36.2 Å². The molecule has 180 valence electrons. The van der Waals surface area contributed by atoms with Crippen LogP contribution in [0.2, 0.25) is 0 Å². The van der Waals surface area contributed by atoms with E-state index in [1.165, 1.54) is 18.1 Å². The predicted molar refractivity (Wildman–Crippen MR) is 115 cm³/mol. The van der Waals surface area contributed by atoms with E-state index in [9.17, 15) is 32.0 Å². The Labute approximate surface area is 189 Å². The van der Waals surface area contributed by atoms with Crippen molar-refractivity contribution in [3.05, 3.63) is 65.0 Å². The van der Waals surface area contributed by atoms with Crippen molar-refractivity contribution in [1.29, 1.82) is 5.26 Å². The first-order chi connectivity index (χ1) is 15.6. The number of amides is 1. The molecule has 2 aliphatic rings. The fraction of sp³-hybridized carbons (Fsp3) is 0.364. The molecule has 0 saturated heterocycles. The van der Waals surface area contributed by atoms with Crippen molar-refractivity contribution >= 4 is 11.6 Å². The van der Waals surface area contributed by atoms with E-state index >= 15 is 0 Å². The van der Waals surface area contributed by atoms with E-state index in [0.717, 1.165) is 30.4 Å². The maximum atomic E-state index is 13.7. The topological polar surface area (TPSA) is 80.2 Å². The number of rotatable bonds is 3. The van der Waals surface area contributed by atoms with Gasteiger partial charge in [-0.05, 0) is 24.3 Å². The Morgan fingerprint density at radius 2 is 1.73 bits per heavy atom. The molecule has 1 aromatic rings. The molecule has 2 unspecified atom stereocenters. The molecule has 0 fully saturated rings. The standard InChI is InChI=1S/C18H14F5N5O.2C2H6/c1-28-13(15-9(8-24)5-6-14(25-15)18(21,22)23)7-12(27-28)17(29)26-16-10(19)3-2-4-11(16)20;2*1-2/h2-7,12,14,25,27H,1H3,(H,26,29);2*1-2H3. The summed E-state index contributed by atoms with van der Waals surface area (Å²) >= 11 is 0. The van der Waals surface area contributed by atoms with Gasteiger partial charge in [-0.3, -0.25) is 4.79 Å². The van der Waals surface area contributed by atoms with Gasteiger partial charge < -0.3 is 15.6 Å². The van der Waals surface area contributed by atoms with Gasteiger partial charge in [0.05, 0.1) is 17.0 Å². The molecule has 3 N–H and O–H groups in total. The van der Waals surface area contributed by atoms with Gasteiger partial charge in [0.2, 0.25) is 5.91 Å². The Morgan fingerprint density at radius 1 is 1.15 bits per heavy atom. The number of alkyl halides is 3. The second-order valence-electron chi connectivity index (χ2n) is 6.23. The largest absolute Gasteiger partial charge is 0.412 e. The predicted octanol–water partition coefficient (Wildman–Crippen LogP) is 4.53. The minimum absolute atomic E-state index is 0.0633. The SMILES string of the molecule is CC.CC.CN1NC(C(=O)Nc2c(F)cccc2F)C=C1C1=C(C#N)C=CC(C(F)(F)F)N1. The summed E-state index contributed by atoms with van der Waals surface area (Å²) in [6.45, 7) is 8.00. The van der Waals surface area contributed by atoms with Gasteiger partial charge in [-0.15, -0.1) is 0 Å². The van der Waals surface area contributed by atoms with E-state index < -0.39 is 41.5 Å². The number of nitrogens with one attached hydrogen (secondary N) is 3. The number of nitrogens with zero attached hydrogens (tertiary/aromatic N) is 2. The zero-order chi connectivity index (χ0) is 25.3. The van der Waals surface area contributed by atoms with Gasteiger partial charge in [-0.1, -0.05) is 39.8 Å². The molecule has 3 rings (SSSR count). The normalized spacial score (nSPS) is 19.3. The van der Waals surface area contributed by atoms with E-state index in [1.807, 2.05) is 27.7 Å². The number of halogens is 5. The lowest BCUT2D eigenvalue weighted by Gasteiger charge is -2.28. The Kier molecular flexibility index (Phi) is 10.1. The van der Waals surface area contributed by atoms with E-state index in [2.05, 4.69) is 16.1 Å². The highest BCUT2D eigenvalue weighted by atomic mass is 19.4. The summed E-state index contributed by atoms with van der Waals surface area (Å²) < 4.78 is 66.6. The maximum Gasteiger partial charge on any atom is 0.412 e. The van der Waals surface area contributed by atoms with Crippen LogP contribution in [0.5, 0.6) is 0 Å². The average molecular weight is 471 g/mol. The summed E-state index contributed by atoms with van der Waals surface area (Å²) in [4.78, 5) is 12.4. The van der Waals surface area contributed by atoms with Crippen LogP contribution in [0.1, 0.15) is 27.7 Å². The molecule has 0 saturated carbocycles. The molecule has 0 aromatic heterocycles. The van der Waals surface area contributed by atoms with Gasteiger partial charge in [0.15, 0.2) is 0 Å². The van der Waals surface area contributed by atoms with Crippen LogP contribution in [0.3, 0.4) is 0 Å². The fourth-order valence-electron chi connectivity index (χ4n) is 2.84. The van der Waals surface area contributed by atoms with Crippen LogP contribution in [0.15, 0.2) is 53.4 Å². The summed E-state index contributed by atoms with van der Waals surface area (Å²) in [5.41, 5.74) is 1.93. The van der Waals surface area contributed by atoms with E-state index in [1.54, 1.807) is 6.07 Å². The van der Waals surface area contributed by atoms with Gasteiger partial charge in [-0.2, -0.15) is 18.4 Å². The molecule has 1 amide bonds. The van der Waals surface area contributed by atoms with Crippen LogP contribution in [0, 0.1) is 23.0 Å². The van der Waals surface area contributed by atoms with Gasteiger partial charge in [0.1, 0.15) is 35.5 Å². The third kappa shape index (κ3) is 6.55. The molecule has 0 bridgehead atoms. The molecule has 2 heterocycles. The first-order valence-corrected chi connectivity index (χ1v) is 10.2. The highest BCUT2D eigenvalue weighted by molar-refractivity contribution is 5.96. The van der Waals surface area contributed by atoms with E-state index in [-0.39, 0.29) is 17.0 Å². The number of allylic oxidation sites excluding steroid dienone is 2. The molecule has 33 heavy (non-hydrogen) atoms. The number of nitriles is 1. The fourth-order valence-corrected chi connectivity index (χ4v) is 2.84. The number of hydrogen-bond acceptors (Lipinski definition) is 5. The van der Waals surface area contributed by atoms with Crippen molar-refractivity contribution in [1.82, 2.24) is 15.8 Å². The number of carbonyl (C=O) groups excluding carboxylic acids is 1. The Hall–Kier alpha value is -3.39. The zero-order valence-electron chi connectivity index (χ0n) is 18.8. The molecule has 6 nitrogen and oxygen atoms in total. The zero-order valence-corrected chi connectivity index (χ0v) is 18.8. The molecular formula is C22H26F5N5O. The Bertz CT molecular complexity index is 958. The first-order valence-electron chi connectivity index (χ1n) is 10.2. The second-order valence-corrected chi connectivity index (χ2v) is 6.23. The third-order valence-electron chi connectivity index (χ3n) is 4.27. The summed E-state index contributed by atoms with van der Waals surface area (Å²) in [6, 6.07) is 1.71. The minimum atomic E-state index is -4.59. The molecule has 0 spiro atoms. The summed E-state index contributed by atoms with van der Waals surface area (Å²) in [5, 5.41) is 14.8. The van der Waals surface area contributed by atoms with Crippen molar-refractivity contribution in [3.8, 4) is 6.07 Å². The summed E-state index contributed by atoms with van der Waals surface area (Å²) in [6.07, 6.45) is -1.48. The highest BCUT2D eigenvalue weighted by Gasteiger charge is 2.41. The third-order valence-corrected chi connectivity index (χ3v) is 4.27. The molecule has 1 aromatic carbocycles. The van der Waals surface area contributed by atoms with Gasteiger partial charge in [-0.25, -0.2) is 14.2 Å². The first kappa shape index (κ1) is 27.6. The number of dihydropyridines is 1. The van der Waals surface area contributed by atoms with Gasteiger partial charge in [0, 0.05) is 7.05 Å². The molecule has 2 atom stereocenters. The van der Waals surface area contributed by atoms with Crippen molar-refractivity contribution in [2.75, 3.05) is 12.4 Å². The van der Waals surface area contributed by atoms with Gasteiger partial charge >= 0.3 is 6.18 Å². The summed E-state index contributed by atoms with van der Waals surface area (Å²) in [5.74, 6) is -2.79. The number of hydrazine groups is 1. The lowest BCUT2D eigenvalue weighted by Crippen LogP contribution is -2.45. The number of para-hydroxylation sites is 1. The number of carbonyl (C=O) groups is 1. The Balaban J connectivity index is 0.00000129. The van der Waals surface area contributed by atoms with E-state index in [0.29, 0.717) is 0 Å². The number of hydrogen-bond donors (Lipinski definition) is 3. The molecule has 0 radical (unpaired) electrons.